The highest BCUT2D eigenvalue weighted by molar-refractivity contribution is 8.02. The number of halogens is 1. The molecular formula is C30H40ClN3O4S. The van der Waals surface area contributed by atoms with Crippen LogP contribution in [0.25, 0.3) is 0 Å². The monoisotopic (exact) mass is 573 g/mol. The number of para-hydroxylation sites is 1. The molecule has 3 heterocycles. The van der Waals surface area contributed by atoms with Crippen molar-refractivity contribution in [1.82, 2.24) is 9.80 Å². The summed E-state index contributed by atoms with van der Waals surface area (Å²) in [6.07, 6.45) is 7.96. The molecule has 1 N–H and O–H groups in total. The maximum atomic E-state index is 14.6. The second-order valence-electron chi connectivity index (χ2n) is 11.1. The lowest BCUT2D eigenvalue weighted by atomic mass is 9.66. The molecule has 9 heteroatoms. The summed E-state index contributed by atoms with van der Waals surface area (Å²) in [7, 11) is 1.75. The third kappa shape index (κ3) is 5.16. The molecule has 2 bridgehead atoms. The summed E-state index contributed by atoms with van der Waals surface area (Å²) in [4.78, 5) is 47.7. The highest BCUT2D eigenvalue weighted by Crippen LogP contribution is 2.71. The van der Waals surface area contributed by atoms with Crippen molar-refractivity contribution in [2.45, 2.75) is 61.0 Å². The smallest absolute Gasteiger partial charge is 0.251 e. The highest BCUT2D eigenvalue weighted by Gasteiger charge is 2.77. The number of hydrogen-bond donors (Lipinski definition) is 1. The molecule has 0 saturated carbocycles. The van der Waals surface area contributed by atoms with E-state index in [1.165, 1.54) is 0 Å². The van der Waals surface area contributed by atoms with E-state index >= 15 is 0 Å². The first-order valence-electron chi connectivity index (χ1n) is 13.8. The first kappa shape index (κ1) is 29.7. The van der Waals surface area contributed by atoms with Crippen molar-refractivity contribution >= 4 is 46.8 Å². The van der Waals surface area contributed by atoms with Crippen LogP contribution in [0.3, 0.4) is 0 Å². The van der Waals surface area contributed by atoms with E-state index in [1.807, 2.05) is 18.2 Å². The Kier molecular flexibility index (Phi) is 9.19. The van der Waals surface area contributed by atoms with E-state index < -0.39 is 27.4 Å². The van der Waals surface area contributed by atoms with Crippen molar-refractivity contribution in [2.24, 2.45) is 11.8 Å². The number of amides is 3. The largest absolute Gasteiger partial charge is 0.396 e. The van der Waals surface area contributed by atoms with Crippen LogP contribution in [0.4, 0.5) is 5.69 Å². The number of unbranched alkanes of at least 4 members (excludes halogenated alkanes) is 3. The summed E-state index contributed by atoms with van der Waals surface area (Å²) in [6, 6.07) is 6.51. The summed E-state index contributed by atoms with van der Waals surface area (Å²) in [5, 5.41) is 9.62. The number of carbonyl (C=O) groups is 3. The number of carbonyl (C=O) groups excluding carboxylic acids is 3. The van der Waals surface area contributed by atoms with E-state index in [-0.39, 0.29) is 30.9 Å². The van der Waals surface area contributed by atoms with Gasteiger partial charge in [-0.2, -0.15) is 0 Å². The second-order valence-corrected chi connectivity index (χ2v) is 13.4. The van der Waals surface area contributed by atoms with E-state index in [9.17, 15) is 14.4 Å². The van der Waals surface area contributed by atoms with Crippen molar-refractivity contribution in [3.8, 4) is 0 Å². The molecule has 5 atom stereocenters. The van der Waals surface area contributed by atoms with Gasteiger partial charge < -0.3 is 19.8 Å². The first-order chi connectivity index (χ1) is 18.7. The van der Waals surface area contributed by atoms with E-state index in [2.05, 4.69) is 20.1 Å². The summed E-state index contributed by atoms with van der Waals surface area (Å²) >= 11 is 8.22. The molecule has 212 valence electrons. The Morgan fingerprint density at radius 1 is 1.13 bits per heavy atom. The number of anilines is 1. The summed E-state index contributed by atoms with van der Waals surface area (Å²) in [6.45, 7) is 11.0. The van der Waals surface area contributed by atoms with Crippen LogP contribution in [0.5, 0.6) is 0 Å². The van der Waals surface area contributed by atoms with Crippen LogP contribution in [0, 0.1) is 11.8 Å². The number of likely N-dealkylation sites (N-methyl/N-ethyl adjacent to an activating group) is 1. The van der Waals surface area contributed by atoms with Crippen molar-refractivity contribution in [1.29, 1.82) is 0 Å². The maximum Gasteiger partial charge on any atom is 0.251 e. The van der Waals surface area contributed by atoms with E-state index in [4.69, 9.17) is 16.7 Å². The fraction of sp³-hybridized carbons (Fsp3) is 0.567. The molecule has 2 unspecified atom stereocenters. The topological polar surface area (TPSA) is 81.2 Å². The van der Waals surface area contributed by atoms with Gasteiger partial charge in [0.1, 0.15) is 6.04 Å². The minimum absolute atomic E-state index is 0.0603. The second kappa shape index (κ2) is 12.1. The molecule has 0 aromatic heterocycles. The molecular weight excluding hydrogens is 534 g/mol. The predicted octanol–water partition coefficient (Wildman–Crippen LogP) is 4.54. The van der Waals surface area contributed by atoms with Crippen LogP contribution in [0.15, 0.2) is 49.6 Å². The van der Waals surface area contributed by atoms with Gasteiger partial charge in [-0.3, -0.25) is 14.4 Å². The highest BCUT2D eigenvalue weighted by atomic mass is 35.5. The Balaban J connectivity index is 1.75. The Morgan fingerprint density at radius 3 is 2.49 bits per heavy atom. The van der Waals surface area contributed by atoms with Crippen molar-refractivity contribution in [2.75, 3.05) is 38.2 Å². The average molecular weight is 574 g/mol. The molecule has 39 heavy (non-hydrogen) atoms. The van der Waals surface area contributed by atoms with Gasteiger partial charge >= 0.3 is 0 Å². The lowest BCUT2D eigenvalue weighted by Crippen LogP contribution is -2.55. The first-order valence-corrected chi connectivity index (χ1v) is 15.0. The lowest BCUT2D eigenvalue weighted by Gasteiger charge is -2.38. The average Bonchev–Trinajstić information content (AvgIpc) is 3.48. The quantitative estimate of drug-likeness (QED) is 0.277. The van der Waals surface area contributed by atoms with Crippen LogP contribution < -0.4 is 4.90 Å². The van der Waals surface area contributed by atoms with Gasteiger partial charge in [0.05, 0.1) is 27.3 Å². The van der Waals surface area contributed by atoms with Crippen LogP contribution in [0.1, 0.15) is 45.4 Å². The molecule has 3 saturated heterocycles. The van der Waals surface area contributed by atoms with Gasteiger partial charge in [-0.15, -0.1) is 24.9 Å². The molecule has 3 amide bonds. The summed E-state index contributed by atoms with van der Waals surface area (Å²) < 4.78 is -1.11. The molecule has 1 aromatic rings. The van der Waals surface area contributed by atoms with Crippen LogP contribution in [0.2, 0.25) is 5.02 Å². The number of hydrogen-bond acceptors (Lipinski definition) is 5. The van der Waals surface area contributed by atoms with E-state index in [0.29, 0.717) is 36.6 Å². The van der Waals surface area contributed by atoms with Crippen LogP contribution in [-0.2, 0) is 14.4 Å². The third-order valence-electron chi connectivity index (χ3n) is 8.58. The van der Waals surface area contributed by atoms with Gasteiger partial charge in [0, 0.05) is 38.0 Å². The minimum atomic E-state index is -0.710. The molecule has 3 fully saturated rings. The van der Waals surface area contributed by atoms with E-state index in [0.717, 1.165) is 25.7 Å². The normalized spacial score (nSPS) is 28.9. The lowest BCUT2D eigenvalue weighted by molar-refractivity contribution is -0.144. The van der Waals surface area contributed by atoms with Gasteiger partial charge in [0.15, 0.2) is 0 Å². The summed E-state index contributed by atoms with van der Waals surface area (Å²) in [5.74, 6) is -1.41. The number of aliphatic hydroxyl groups excluding tert-OH is 1. The molecule has 0 aliphatic carbocycles. The Labute approximate surface area is 241 Å². The van der Waals surface area contributed by atoms with Gasteiger partial charge in [-0.25, -0.2) is 0 Å². The van der Waals surface area contributed by atoms with Gasteiger partial charge in [0.2, 0.25) is 11.8 Å². The van der Waals surface area contributed by atoms with Crippen LogP contribution >= 0.6 is 23.4 Å². The van der Waals surface area contributed by atoms with E-state index in [1.54, 1.807) is 51.7 Å². The third-order valence-corrected chi connectivity index (χ3v) is 10.9. The van der Waals surface area contributed by atoms with Gasteiger partial charge in [-0.1, -0.05) is 48.7 Å². The molecule has 1 aromatic carbocycles. The van der Waals surface area contributed by atoms with Crippen molar-refractivity contribution < 1.29 is 19.5 Å². The van der Waals surface area contributed by atoms with Crippen molar-refractivity contribution in [3.63, 3.8) is 0 Å². The number of rotatable bonds is 13. The summed E-state index contributed by atoms with van der Waals surface area (Å²) in [5.41, 5.74) is 0.585. The zero-order valence-corrected chi connectivity index (χ0v) is 24.6. The molecule has 3 aliphatic heterocycles. The Bertz CT molecular complexity index is 1130. The predicted molar refractivity (Wildman–Crippen MR) is 158 cm³/mol. The fourth-order valence-electron chi connectivity index (χ4n) is 6.84. The number of aliphatic hydroxyl groups is 1. The van der Waals surface area contributed by atoms with Crippen molar-refractivity contribution in [3.05, 3.63) is 54.6 Å². The zero-order valence-electron chi connectivity index (χ0n) is 23.0. The molecule has 0 radical (unpaired) electrons. The number of fused-ring (bicyclic) bond motifs is 1. The molecule has 4 rings (SSSR count). The fourth-order valence-corrected chi connectivity index (χ4v) is 9.43. The maximum absolute atomic E-state index is 14.6. The van der Waals surface area contributed by atoms with Gasteiger partial charge in [-0.05, 0) is 44.7 Å². The standard InChI is InChI=1S/C30H40ClN3O4S/c1-5-17-32(4)26(36)23-24-27(37)34(19-11-7-8-12-20-35)25(30(24)16-15-29(23,3)39-30)28(38)33(18-6-2)22-14-10-9-13-21(22)31/h5-6,9-10,13-14,23-25,35H,1-2,7-8,11-12,15-20H2,3-4H3/t23-,24-,25?,29+,30?/m0/s1. The molecule has 1 spiro atoms. The van der Waals surface area contributed by atoms with Crippen LogP contribution in [-0.4, -0.2) is 81.5 Å². The number of likely N-dealkylation sites (tertiary alicyclic amines) is 1. The number of benzene rings is 1. The number of thioether (sulfide) groups is 1. The molecule has 7 nitrogen and oxygen atoms in total. The Hall–Kier alpha value is -2.29. The Morgan fingerprint density at radius 2 is 1.82 bits per heavy atom. The molecule has 3 aliphatic rings. The number of nitrogens with zero attached hydrogens (tertiary/aromatic N) is 3. The SMILES string of the molecule is C=CCN(C)C(=O)[C@@H]1[C@H]2C(=O)N(CCCCCCO)C(C(=O)N(CC=C)c3ccccc3Cl)C23CC[C@@]1(C)S3. The zero-order chi connectivity index (χ0) is 28.4. The van der Waals surface area contributed by atoms with Gasteiger partial charge in [0.25, 0.3) is 5.91 Å². The minimum Gasteiger partial charge on any atom is -0.396 e.